The van der Waals surface area contributed by atoms with Crippen LogP contribution >= 0.6 is 11.6 Å². The largest absolute Gasteiger partial charge is 0.469 e. The van der Waals surface area contributed by atoms with Crippen molar-refractivity contribution in [3.8, 4) is 0 Å². The van der Waals surface area contributed by atoms with Crippen LogP contribution in [0.15, 0.2) is 12.3 Å². The SMILES string of the molecule is COC(=O)CCNc1ncc(C(F)(F)F)cc1Cl. The Kier molecular flexibility index (Phi) is 4.77. The summed E-state index contributed by atoms with van der Waals surface area (Å²) >= 11 is 5.64. The van der Waals surface area contributed by atoms with Crippen molar-refractivity contribution in [3.05, 3.63) is 22.8 Å². The molecule has 1 heterocycles. The number of pyridine rings is 1. The summed E-state index contributed by atoms with van der Waals surface area (Å²) in [5.41, 5.74) is -0.925. The number of carbonyl (C=O) groups excluding carboxylic acids is 1. The Morgan fingerprint density at radius 1 is 1.56 bits per heavy atom. The molecule has 0 saturated heterocycles. The lowest BCUT2D eigenvalue weighted by Gasteiger charge is -2.10. The number of esters is 1. The smallest absolute Gasteiger partial charge is 0.417 e. The van der Waals surface area contributed by atoms with Crippen LogP contribution in [0.3, 0.4) is 0 Å². The molecular weight excluding hydrogens is 273 g/mol. The summed E-state index contributed by atoms with van der Waals surface area (Å²) in [5, 5.41) is 2.49. The molecule has 1 rings (SSSR count). The summed E-state index contributed by atoms with van der Waals surface area (Å²) in [4.78, 5) is 14.4. The van der Waals surface area contributed by atoms with E-state index in [-0.39, 0.29) is 23.8 Å². The van der Waals surface area contributed by atoms with E-state index in [2.05, 4.69) is 15.0 Å². The van der Waals surface area contributed by atoms with Gasteiger partial charge < -0.3 is 10.1 Å². The molecular formula is C10H10ClF3N2O2. The first-order valence-corrected chi connectivity index (χ1v) is 5.26. The Balaban J connectivity index is 2.66. The van der Waals surface area contributed by atoms with Crippen molar-refractivity contribution in [2.24, 2.45) is 0 Å². The van der Waals surface area contributed by atoms with Crippen molar-refractivity contribution in [1.82, 2.24) is 4.98 Å². The quantitative estimate of drug-likeness (QED) is 0.863. The second-order valence-electron chi connectivity index (χ2n) is 3.31. The predicted octanol–water partition coefficient (Wildman–Crippen LogP) is 2.73. The molecule has 0 radical (unpaired) electrons. The van der Waals surface area contributed by atoms with Crippen LogP contribution in [0.5, 0.6) is 0 Å². The van der Waals surface area contributed by atoms with Crippen LogP contribution in [-0.2, 0) is 15.7 Å². The van der Waals surface area contributed by atoms with Crippen molar-refractivity contribution in [2.45, 2.75) is 12.6 Å². The van der Waals surface area contributed by atoms with Gasteiger partial charge in [0.2, 0.25) is 0 Å². The summed E-state index contributed by atoms with van der Waals surface area (Å²) in [5.74, 6) is -0.348. The van der Waals surface area contributed by atoms with Gasteiger partial charge in [-0.1, -0.05) is 11.6 Å². The Hall–Kier alpha value is -1.50. The Labute approximate surface area is 106 Å². The van der Waals surface area contributed by atoms with Crippen molar-refractivity contribution in [2.75, 3.05) is 19.0 Å². The second-order valence-corrected chi connectivity index (χ2v) is 3.71. The molecule has 0 bridgehead atoms. The molecule has 0 atom stereocenters. The van der Waals surface area contributed by atoms with Crippen LogP contribution in [0, 0.1) is 0 Å². The highest BCUT2D eigenvalue weighted by molar-refractivity contribution is 6.32. The fraction of sp³-hybridized carbons (Fsp3) is 0.400. The maximum absolute atomic E-state index is 12.3. The van der Waals surface area contributed by atoms with Gasteiger partial charge in [0, 0.05) is 12.7 Å². The third-order valence-electron chi connectivity index (χ3n) is 2.02. The lowest BCUT2D eigenvalue weighted by Crippen LogP contribution is -2.12. The Morgan fingerprint density at radius 3 is 2.72 bits per heavy atom. The first-order valence-electron chi connectivity index (χ1n) is 4.88. The number of ether oxygens (including phenoxy) is 1. The molecule has 1 N–H and O–H groups in total. The van der Waals surface area contributed by atoms with Gasteiger partial charge in [0.15, 0.2) is 0 Å². The maximum atomic E-state index is 12.3. The van der Waals surface area contributed by atoms with Gasteiger partial charge in [0.05, 0.1) is 24.1 Å². The molecule has 0 aliphatic heterocycles. The van der Waals surface area contributed by atoms with Crippen LogP contribution in [0.1, 0.15) is 12.0 Å². The lowest BCUT2D eigenvalue weighted by molar-refractivity contribution is -0.140. The summed E-state index contributed by atoms with van der Waals surface area (Å²) in [7, 11) is 1.24. The monoisotopic (exact) mass is 282 g/mol. The highest BCUT2D eigenvalue weighted by Gasteiger charge is 2.31. The lowest BCUT2D eigenvalue weighted by atomic mass is 10.3. The number of hydrogen-bond acceptors (Lipinski definition) is 4. The van der Waals surface area contributed by atoms with Gasteiger partial charge in [0.25, 0.3) is 0 Å². The first-order chi connectivity index (χ1) is 8.34. The zero-order valence-corrected chi connectivity index (χ0v) is 10.1. The number of nitrogens with zero attached hydrogens (tertiary/aromatic N) is 1. The number of anilines is 1. The molecule has 1 aromatic heterocycles. The van der Waals surface area contributed by atoms with E-state index in [1.54, 1.807) is 0 Å². The number of hydrogen-bond donors (Lipinski definition) is 1. The third-order valence-corrected chi connectivity index (χ3v) is 2.31. The highest BCUT2D eigenvalue weighted by atomic mass is 35.5. The standard InChI is InChI=1S/C10H10ClF3N2O2/c1-18-8(17)2-3-15-9-7(11)4-6(5-16-9)10(12,13)14/h4-5H,2-3H2,1H3,(H,15,16). The van der Waals surface area contributed by atoms with Crippen LogP contribution in [-0.4, -0.2) is 24.6 Å². The maximum Gasteiger partial charge on any atom is 0.417 e. The molecule has 1 aromatic rings. The number of methoxy groups -OCH3 is 1. The van der Waals surface area contributed by atoms with Crippen LogP contribution < -0.4 is 5.32 Å². The zero-order chi connectivity index (χ0) is 13.8. The molecule has 0 fully saturated rings. The fourth-order valence-electron chi connectivity index (χ4n) is 1.11. The number of nitrogens with one attached hydrogen (secondary N) is 1. The molecule has 0 spiro atoms. The normalized spacial score (nSPS) is 11.2. The van der Waals surface area contributed by atoms with Gasteiger partial charge in [-0.05, 0) is 6.07 Å². The first kappa shape index (κ1) is 14.6. The summed E-state index contributed by atoms with van der Waals surface area (Å²) in [6, 6.07) is 0.773. The number of carbonyl (C=O) groups is 1. The molecule has 18 heavy (non-hydrogen) atoms. The highest BCUT2D eigenvalue weighted by Crippen LogP contribution is 2.32. The van der Waals surface area contributed by atoms with E-state index in [1.165, 1.54) is 7.11 Å². The van der Waals surface area contributed by atoms with Crippen LogP contribution in [0.2, 0.25) is 5.02 Å². The number of alkyl halides is 3. The van der Waals surface area contributed by atoms with E-state index in [1.807, 2.05) is 0 Å². The number of aromatic nitrogens is 1. The molecule has 4 nitrogen and oxygen atoms in total. The minimum Gasteiger partial charge on any atom is -0.469 e. The molecule has 0 aliphatic carbocycles. The van der Waals surface area contributed by atoms with Gasteiger partial charge in [0.1, 0.15) is 5.82 Å². The van der Waals surface area contributed by atoms with Gasteiger partial charge >= 0.3 is 12.1 Å². The Bertz CT molecular complexity index is 438. The van der Waals surface area contributed by atoms with E-state index in [9.17, 15) is 18.0 Å². The molecule has 0 aromatic carbocycles. The molecule has 0 amide bonds. The minimum atomic E-state index is -4.48. The minimum absolute atomic E-state index is 0.0650. The number of halogens is 4. The number of rotatable bonds is 4. The molecule has 0 unspecified atom stereocenters. The average molecular weight is 283 g/mol. The summed E-state index contributed by atoms with van der Waals surface area (Å²) < 4.78 is 41.4. The average Bonchev–Trinajstić information content (AvgIpc) is 2.29. The fourth-order valence-corrected chi connectivity index (χ4v) is 1.34. The summed E-state index contributed by atoms with van der Waals surface area (Å²) in [6.07, 6.45) is -3.75. The zero-order valence-electron chi connectivity index (χ0n) is 9.34. The van der Waals surface area contributed by atoms with E-state index >= 15 is 0 Å². The predicted molar refractivity (Wildman–Crippen MR) is 59.4 cm³/mol. The van der Waals surface area contributed by atoms with Crippen molar-refractivity contribution < 1.29 is 22.7 Å². The van der Waals surface area contributed by atoms with Crippen LogP contribution in [0.4, 0.5) is 19.0 Å². The molecule has 0 aliphatic rings. The van der Waals surface area contributed by atoms with E-state index in [0.717, 1.165) is 6.07 Å². The van der Waals surface area contributed by atoms with E-state index in [4.69, 9.17) is 11.6 Å². The van der Waals surface area contributed by atoms with Gasteiger partial charge in [-0.15, -0.1) is 0 Å². The van der Waals surface area contributed by atoms with Gasteiger partial charge in [-0.2, -0.15) is 13.2 Å². The van der Waals surface area contributed by atoms with Crippen molar-refractivity contribution in [3.63, 3.8) is 0 Å². The second kappa shape index (κ2) is 5.90. The molecule has 100 valence electrons. The topological polar surface area (TPSA) is 51.2 Å². The Morgan fingerprint density at radius 2 is 2.22 bits per heavy atom. The van der Waals surface area contributed by atoms with Crippen molar-refractivity contribution >= 4 is 23.4 Å². The summed E-state index contributed by atoms with van der Waals surface area (Å²) in [6.45, 7) is 0.171. The molecule has 8 heteroatoms. The third kappa shape index (κ3) is 4.06. The van der Waals surface area contributed by atoms with E-state index < -0.39 is 17.7 Å². The van der Waals surface area contributed by atoms with Crippen molar-refractivity contribution in [1.29, 1.82) is 0 Å². The van der Waals surface area contributed by atoms with Gasteiger partial charge in [-0.3, -0.25) is 4.79 Å². The van der Waals surface area contributed by atoms with E-state index in [0.29, 0.717) is 6.20 Å². The molecule has 0 saturated carbocycles. The van der Waals surface area contributed by atoms with Crippen LogP contribution in [0.25, 0.3) is 0 Å². The van der Waals surface area contributed by atoms with Gasteiger partial charge in [-0.25, -0.2) is 4.98 Å².